The fraction of sp³-hybridized carbons (Fsp3) is 0.346. The number of hydrogen-bond acceptors (Lipinski definition) is 6. The third-order valence-corrected chi connectivity index (χ3v) is 6.39. The normalized spacial score (nSPS) is 22.7. The molecule has 0 aromatic heterocycles. The second-order valence-electron chi connectivity index (χ2n) is 8.14. The molecule has 6 heteroatoms. The molecule has 0 saturated carbocycles. The van der Waals surface area contributed by atoms with Gasteiger partial charge in [-0.05, 0) is 30.9 Å². The molecule has 0 radical (unpaired) electrons. The largest absolute Gasteiger partial charge is 0.497 e. The number of esters is 1. The summed E-state index contributed by atoms with van der Waals surface area (Å²) < 4.78 is 16.1. The summed E-state index contributed by atoms with van der Waals surface area (Å²) in [5, 5.41) is 0. The number of allylic oxidation sites excluding steroid dienone is 2. The van der Waals surface area contributed by atoms with Crippen LogP contribution in [0.3, 0.4) is 0 Å². The van der Waals surface area contributed by atoms with Crippen molar-refractivity contribution in [1.82, 2.24) is 0 Å². The van der Waals surface area contributed by atoms with E-state index in [-0.39, 0.29) is 11.7 Å². The van der Waals surface area contributed by atoms with Gasteiger partial charge in [-0.25, -0.2) is 0 Å². The molecule has 2 aromatic rings. The molecule has 166 valence electrons. The number of ether oxygens (including phenoxy) is 3. The highest BCUT2D eigenvalue weighted by atomic mass is 16.5. The third kappa shape index (κ3) is 3.81. The molecule has 0 spiro atoms. The molecular formula is C26H27NO5. The Bertz CT molecular complexity index is 1100. The van der Waals surface area contributed by atoms with Crippen molar-refractivity contribution in [3.8, 4) is 11.5 Å². The number of Topliss-reactive ketones (excluding diaryl/α,β-unsaturated/α-hetero) is 1. The van der Waals surface area contributed by atoms with Gasteiger partial charge in [0.15, 0.2) is 5.78 Å². The van der Waals surface area contributed by atoms with Gasteiger partial charge in [0.1, 0.15) is 17.4 Å². The summed E-state index contributed by atoms with van der Waals surface area (Å²) in [6.07, 6.45) is 1.02. The SMILES string of the molecule is COC(=O)C1C(C)=NC2=C(C(=O)C[C@@H](c3ccccc3)C2)[C@@H]1c1ccc(OC)cc1OC. The van der Waals surface area contributed by atoms with Crippen molar-refractivity contribution < 1.29 is 23.8 Å². The van der Waals surface area contributed by atoms with E-state index in [4.69, 9.17) is 19.2 Å². The Balaban J connectivity index is 1.86. The lowest BCUT2D eigenvalue weighted by atomic mass is 9.69. The summed E-state index contributed by atoms with van der Waals surface area (Å²) in [5.41, 5.74) is 3.84. The lowest BCUT2D eigenvalue weighted by Crippen LogP contribution is -2.38. The zero-order valence-electron chi connectivity index (χ0n) is 18.8. The van der Waals surface area contributed by atoms with Gasteiger partial charge in [0.05, 0.1) is 21.3 Å². The second kappa shape index (κ2) is 8.99. The van der Waals surface area contributed by atoms with Crippen LogP contribution in [0, 0.1) is 5.92 Å². The minimum atomic E-state index is -0.696. The van der Waals surface area contributed by atoms with Crippen molar-refractivity contribution in [2.45, 2.75) is 31.6 Å². The Morgan fingerprint density at radius 1 is 1.00 bits per heavy atom. The van der Waals surface area contributed by atoms with E-state index in [0.717, 1.165) is 16.8 Å². The lowest BCUT2D eigenvalue weighted by molar-refractivity contribution is -0.143. The molecule has 1 unspecified atom stereocenters. The number of aliphatic imine (C=N–C) groups is 1. The van der Waals surface area contributed by atoms with Gasteiger partial charge in [0.25, 0.3) is 0 Å². The quantitative estimate of drug-likeness (QED) is 0.651. The van der Waals surface area contributed by atoms with Crippen molar-refractivity contribution in [3.05, 3.63) is 70.9 Å². The molecule has 3 atom stereocenters. The van der Waals surface area contributed by atoms with E-state index in [2.05, 4.69) is 0 Å². The highest BCUT2D eigenvalue weighted by Gasteiger charge is 2.45. The molecule has 1 heterocycles. The van der Waals surface area contributed by atoms with Gasteiger partial charge in [0.2, 0.25) is 0 Å². The summed E-state index contributed by atoms with van der Waals surface area (Å²) in [5.74, 6) is -0.380. The molecule has 1 aliphatic carbocycles. The number of rotatable bonds is 5. The van der Waals surface area contributed by atoms with E-state index < -0.39 is 17.8 Å². The Labute approximate surface area is 187 Å². The maximum atomic E-state index is 13.5. The molecular weight excluding hydrogens is 406 g/mol. The Hall–Kier alpha value is -3.41. The van der Waals surface area contributed by atoms with E-state index in [1.54, 1.807) is 20.3 Å². The third-order valence-electron chi connectivity index (χ3n) is 6.39. The molecule has 2 aliphatic rings. The zero-order valence-corrected chi connectivity index (χ0v) is 18.8. The molecule has 32 heavy (non-hydrogen) atoms. The van der Waals surface area contributed by atoms with Crippen molar-refractivity contribution in [2.75, 3.05) is 21.3 Å². The molecule has 4 rings (SSSR count). The van der Waals surface area contributed by atoms with Crippen molar-refractivity contribution >= 4 is 17.5 Å². The lowest BCUT2D eigenvalue weighted by Gasteiger charge is -2.36. The number of carbonyl (C=O) groups excluding carboxylic acids is 2. The highest BCUT2D eigenvalue weighted by molar-refractivity contribution is 6.09. The van der Waals surface area contributed by atoms with Crippen LogP contribution in [0.25, 0.3) is 0 Å². The van der Waals surface area contributed by atoms with Gasteiger partial charge in [-0.3, -0.25) is 14.6 Å². The molecule has 0 fully saturated rings. The smallest absolute Gasteiger partial charge is 0.315 e. The van der Waals surface area contributed by atoms with Crippen molar-refractivity contribution in [1.29, 1.82) is 0 Å². The van der Waals surface area contributed by atoms with Crippen LogP contribution in [0.4, 0.5) is 0 Å². The van der Waals surface area contributed by atoms with E-state index >= 15 is 0 Å². The fourth-order valence-electron chi connectivity index (χ4n) is 4.86. The van der Waals surface area contributed by atoms with Gasteiger partial charge < -0.3 is 14.2 Å². The van der Waals surface area contributed by atoms with Crippen LogP contribution in [0.1, 0.15) is 42.7 Å². The average Bonchev–Trinajstić information content (AvgIpc) is 2.82. The summed E-state index contributed by atoms with van der Waals surface area (Å²) in [6.45, 7) is 1.82. The predicted molar refractivity (Wildman–Crippen MR) is 121 cm³/mol. The topological polar surface area (TPSA) is 74.2 Å². The Kier molecular flexibility index (Phi) is 6.12. The summed E-state index contributed by atoms with van der Waals surface area (Å²) >= 11 is 0. The van der Waals surface area contributed by atoms with Gasteiger partial charge in [-0.15, -0.1) is 0 Å². The van der Waals surface area contributed by atoms with Crippen LogP contribution < -0.4 is 9.47 Å². The number of nitrogens with zero attached hydrogens (tertiary/aromatic N) is 1. The number of methoxy groups -OCH3 is 3. The molecule has 0 N–H and O–H groups in total. The highest BCUT2D eigenvalue weighted by Crippen LogP contribution is 2.49. The molecule has 2 aromatic carbocycles. The average molecular weight is 434 g/mol. The minimum Gasteiger partial charge on any atom is -0.497 e. The fourth-order valence-corrected chi connectivity index (χ4v) is 4.86. The van der Waals surface area contributed by atoms with Gasteiger partial charge in [-0.1, -0.05) is 36.4 Å². The van der Waals surface area contributed by atoms with E-state index in [1.807, 2.05) is 49.4 Å². The first-order chi connectivity index (χ1) is 15.5. The number of benzene rings is 2. The molecule has 1 aliphatic heterocycles. The maximum Gasteiger partial charge on any atom is 0.315 e. The monoisotopic (exact) mass is 433 g/mol. The van der Waals surface area contributed by atoms with Crippen LogP contribution in [0.2, 0.25) is 0 Å². The number of hydrogen-bond donors (Lipinski definition) is 0. The van der Waals surface area contributed by atoms with Crippen molar-refractivity contribution in [3.63, 3.8) is 0 Å². The first kappa shape index (κ1) is 21.8. The van der Waals surface area contributed by atoms with E-state index in [0.29, 0.717) is 35.6 Å². The molecule has 0 saturated heterocycles. The standard InChI is InChI=1S/C26H27NO5/c1-15-23(26(29)32-4)24(19-11-10-18(30-2)14-22(19)31-3)25-20(27-15)12-17(13-21(25)28)16-8-6-5-7-9-16/h5-11,14,17,23-24H,12-13H2,1-4H3/t17-,23?,24+/m0/s1. The van der Waals surface area contributed by atoms with Crippen molar-refractivity contribution in [2.24, 2.45) is 10.9 Å². The second-order valence-corrected chi connectivity index (χ2v) is 8.14. The first-order valence-electron chi connectivity index (χ1n) is 10.6. The number of ketones is 1. The maximum absolute atomic E-state index is 13.5. The van der Waals surface area contributed by atoms with Crippen LogP contribution >= 0.6 is 0 Å². The van der Waals surface area contributed by atoms with Crippen LogP contribution in [-0.2, 0) is 14.3 Å². The molecule has 0 amide bonds. The van der Waals surface area contributed by atoms with Crippen LogP contribution in [0.5, 0.6) is 11.5 Å². The summed E-state index contributed by atoms with van der Waals surface area (Å²) in [4.78, 5) is 31.1. The van der Waals surface area contributed by atoms with Gasteiger partial charge >= 0.3 is 5.97 Å². The Morgan fingerprint density at radius 2 is 1.75 bits per heavy atom. The molecule has 6 nitrogen and oxygen atoms in total. The van der Waals surface area contributed by atoms with Gasteiger partial charge in [-0.2, -0.15) is 0 Å². The molecule has 0 bridgehead atoms. The van der Waals surface area contributed by atoms with Crippen LogP contribution in [-0.4, -0.2) is 38.8 Å². The van der Waals surface area contributed by atoms with Crippen LogP contribution in [0.15, 0.2) is 64.8 Å². The predicted octanol–water partition coefficient (Wildman–Crippen LogP) is 4.45. The van der Waals surface area contributed by atoms with Gasteiger partial charge in [0, 0.05) is 41.0 Å². The Morgan fingerprint density at radius 3 is 2.41 bits per heavy atom. The summed E-state index contributed by atoms with van der Waals surface area (Å²) in [7, 11) is 4.51. The number of carbonyl (C=O) groups is 2. The minimum absolute atomic E-state index is 0.00753. The summed E-state index contributed by atoms with van der Waals surface area (Å²) in [6, 6.07) is 15.5. The zero-order chi connectivity index (χ0) is 22.8. The van der Waals surface area contributed by atoms with E-state index in [1.165, 1.54) is 7.11 Å². The van der Waals surface area contributed by atoms with E-state index in [9.17, 15) is 9.59 Å². The first-order valence-corrected chi connectivity index (χ1v) is 10.6.